The van der Waals surface area contributed by atoms with Gasteiger partial charge in [-0.2, -0.15) is 0 Å². The van der Waals surface area contributed by atoms with Crippen LogP contribution in [0.1, 0.15) is 37.9 Å². The minimum atomic E-state index is -0.224. The predicted molar refractivity (Wildman–Crippen MR) is 110 cm³/mol. The second kappa shape index (κ2) is 10.2. The first-order valence-electron chi connectivity index (χ1n) is 9.24. The van der Waals surface area contributed by atoms with Gasteiger partial charge in [-0.15, -0.1) is 0 Å². The van der Waals surface area contributed by atoms with E-state index in [9.17, 15) is 9.90 Å². The summed E-state index contributed by atoms with van der Waals surface area (Å²) in [4.78, 5) is 16.5. The molecule has 4 N–H and O–H groups in total. The van der Waals surface area contributed by atoms with E-state index in [1.807, 2.05) is 6.92 Å². The molecular formula is C21H28N4O2. The molecule has 0 bridgehead atoms. The van der Waals surface area contributed by atoms with E-state index >= 15 is 0 Å². The van der Waals surface area contributed by atoms with Crippen molar-refractivity contribution in [3.63, 3.8) is 0 Å². The van der Waals surface area contributed by atoms with Crippen molar-refractivity contribution in [2.45, 2.75) is 33.2 Å². The van der Waals surface area contributed by atoms with Crippen LogP contribution in [0.3, 0.4) is 0 Å². The van der Waals surface area contributed by atoms with Crippen LogP contribution in [-0.4, -0.2) is 30.1 Å². The lowest BCUT2D eigenvalue weighted by Crippen LogP contribution is -2.39. The third kappa shape index (κ3) is 6.66. The van der Waals surface area contributed by atoms with Gasteiger partial charge in [0.05, 0.1) is 6.04 Å². The van der Waals surface area contributed by atoms with E-state index in [2.05, 4.69) is 59.1 Å². The largest absolute Gasteiger partial charge is 0.508 e. The maximum Gasteiger partial charge on any atom is 0.246 e. The maximum absolute atomic E-state index is 12.1. The van der Waals surface area contributed by atoms with Crippen LogP contribution in [0.4, 0.5) is 5.69 Å². The minimum absolute atomic E-state index is 0.00228. The van der Waals surface area contributed by atoms with Gasteiger partial charge in [0.15, 0.2) is 5.96 Å². The third-order valence-corrected chi connectivity index (χ3v) is 4.12. The number of carbonyl (C=O) groups is 1. The average Bonchev–Trinajstić information content (AvgIpc) is 2.68. The Kier molecular flexibility index (Phi) is 7.67. The number of guanidine groups is 1. The van der Waals surface area contributed by atoms with Gasteiger partial charge in [0.2, 0.25) is 5.91 Å². The lowest BCUT2D eigenvalue weighted by atomic mass is 10.1. The summed E-state index contributed by atoms with van der Waals surface area (Å²) in [5, 5.41) is 18.5. The number of aliphatic imine (C=N–C) groups is 1. The van der Waals surface area contributed by atoms with E-state index in [1.54, 1.807) is 12.1 Å². The smallest absolute Gasteiger partial charge is 0.246 e. The van der Waals surface area contributed by atoms with Gasteiger partial charge < -0.3 is 21.1 Å². The number of benzene rings is 2. The maximum atomic E-state index is 12.1. The Morgan fingerprint density at radius 2 is 1.74 bits per heavy atom. The Balaban J connectivity index is 1.95. The molecular weight excluding hydrogens is 340 g/mol. The van der Waals surface area contributed by atoms with Crippen molar-refractivity contribution >= 4 is 17.6 Å². The minimum Gasteiger partial charge on any atom is -0.508 e. The Morgan fingerprint density at radius 1 is 1.07 bits per heavy atom. The molecule has 0 aliphatic heterocycles. The number of aromatic hydroxyl groups is 1. The highest BCUT2D eigenvalue weighted by molar-refractivity contribution is 5.94. The second-order valence-electron chi connectivity index (χ2n) is 6.25. The number of hydrogen-bond acceptors (Lipinski definition) is 3. The van der Waals surface area contributed by atoms with E-state index in [-0.39, 0.29) is 24.2 Å². The molecule has 6 nitrogen and oxygen atoms in total. The molecule has 0 spiro atoms. The zero-order chi connectivity index (χ0) is 19.6. The number of hydrogen-bond donors (Lipinski definition) is 4. The van der Waals surface area contributed by atoms with Gasteiger partial charge in [0.1, 0.15) is 12.3 Å². The zero-order valence-electron chi connectivity index (χ0n) is 16.1. The summed E-state index contributed by atoms with van der Waals surface area (Å²) >= 11 is 0. The summed E-state index contributed by atoms with van der Waals surface area (Å²) in [6, 6.07) is 14.9. The molecule has 144 valence electrons. The number of carbonyl (C=O) groups excluding carboxylic acids is 1. The zero-order valence-corrected chi connectivity index (χ0v) is 16.1. The number of nitrogens with one attached hydrogen (secondary N) is 3. The molecule has 1 unspecified atom stereocenters. The lowest BCUT2D eigenvalue weighted by Gasteiger charge is -2.18. The first-order valence-corrected chi connectivity index (χ1v) is 9.24. The molecule has 2 rings (SSSR count). The number of aryl methyl sites for hydroxylation is 1. The number of anilines is 1. The van der Waals surface area contributed by atoms with Crippen molar-refractivity contribution in [2.75, 3.05) is 18.4 Å². The molecule has 0 radical (unpaired) electrons. The van der Waals surface area contributed by atoms with Crippen LogP contribution in [0, 0.1) is 0 Å². The summed E-state index contributed by atoms with van der Waals surface area (Å²) in [5.74, 6) is 0.522. The van der Waals surface area contributed by atoms with Crippen LogP contribution in [-0.2, 0) is 11.2 Å². The lowest BCUT2D eigenvalue weighted by molar-refractivity contribution is -0.114. The quantitative estimate of drug-likeness (QED) is 0.343. The predicted octanol–water partition coefficient (Wildman–Crippen LogP) is 3.21. The molecule has 0 aromatic heterocycles. The van der Waals surface area contributed by atoms with Gasteiger partial charge in [0.25, 0.3) is 0 Å². The summed E-state index contributed by atoms with van der Waals surface area (Å²) < 4.78 is 0. The van der Waals surface area contributed by atoms with Crippen LogP contribution >= 0.6 is 0 Å². The Labute approximate surface area is 160 Å². The summed E-state index contributed by atoms with van der Waals surface area (Å²) in [6.45, 7) is 6.87. The molecule has 2 aromatic rings. The van der Waals surface area contributed by atoms with Gasteiger partial charge in [-0.25, -0.2) is 4.99 Å². The van der Waals surface area contributed by atoms with Crippen molar-refractivity contribution in [3.8, 4) is 5.75 Å². The van der Waals surface area contributed by atoms with Crippen molar-refractivity contribution in [1.29, 1.82) is 0 Å². The van der Waals surface area contributed by atoms with Gasteiger partial charge in [-0.05, 0) is 55.7 Å². The molecule has 0 fully saturated rings. The number of amides is 1. The molecule has 0 aliphatic rings. The van der Waals surface area contributed by atoms with Crippen molar-refractivity contribution in [3.05, 3.63) is 59.7 Å². The fourth-order valence-corrected chi connectivity index (χ4v) is 2.55. The molecule has 0 saturated heterocycles. The molecule has 0 aliphatic carbocycles. The summed E-state index contributed by atoms with van der Waals surface area (Å²) in [7, 11) is 0. The monoisotopic (exact) mass is 368 g/mol. The van der Waals surface area contributed by atoms with Gasteiger partial charge in [-0.3, -0.25) is 4.79 Å². The SMILES string of the molecule is CCNC(=NCC(=O)Nc1ccc(O)cc1)NC(C)c1ccc(CC)cc1. The summed E-state index contributed by atoms with van der Waals surface area (Å²) in [6.07, 6.45) is 1.02. The molecule has 2 aromatic carbocycles. The molecule has 6 heteroatoms. The number of phenols is 1. The van der Waals surface area contributed by atoms with Crippen LogP contribution in [0.5, 0.6) is 5.75 Å². The van der Waals surface area contributed by atoms with E-state index in [0.29, 0.717) is 18.2 Å². The van der Waals surface area contributed by atoms with Gasteiger partial charge >= 0.3 is 0 Å². The van der Waals surface area contributed by atoms with E-state index in [4.69, 9.17) is 0 Å². The number of phenolic OH excluding ortho intramolecular Hbond substituents is 1. The highest BCUT2D eigenvalue weighted by Crippen LogP contribution is 2.14. The van der Waals surface area contributed by atoms with Crippen LogP contribution in [0.25, 0.3) is 0 Å². The first kappa shape index (κ1) is 20.3. The molecule has 0 saturated carbocycles. The Hall–Kier alpha value is -3.02. The molecule has 1 atom stereocenters. The van der Waals surface area contributed by atoms with E-state index < -0.39 is 0 Å². The number of nitrogens with zero attached hydrogens (tertiary/aromatic N) is 1. The Bertz CT molecular complexity index is 755. The average molecular weight is 368 g/mol. The van der Waals surface area contributed by atoms with E-state index in [1.165, 1.54) is 17.7 Å². The van der Waals surface area contributed by atoms with Crippen LogP contribution in [0.2, 0.25) is 0 Å². The highest BCUT2D eigenvalue weighted by atomic mass is 16.3. The number of rotatable bonds is 7. The summed E-state index contributed by atoms with van der Waals surface area (Å²) in [5.41, 5.74) is 3.08. The molecule has 0 heterocycles. The van der Waals surface area contributed by atoms with Crippen molar-refractivity contribution in [2.24, 2.45) is 4.99 Å². The van der Waals surface area contributed by atoms with Crippen molar-refractivity contribution in [1.82, 2.24) is 10.6 Å². The first-order chi connectivity index (χ1) is 13.0. The van der Waals surface area contributed by atoms with Crippen LogP contribution in [0.15, 0.2) is 53.5 Å². The third-order valence-electron chi connectivity index (χ3n) is 4.12. The Morgan fingerprint density at radius 3 is 2.33 bits per heavy atom. The van der Waals surface area contributed by atoms with Gasteiger partial charge in [-0.1, -0.05) is 31.2 Å². The van der Waals surface area contributed by atoms with E-state index in [0.717, 1.165) is 12.0 Å². The van der Waals surface area contributed by atoms with Crippen molar-refractivity contribution < 1.29 is 9.90 Å². The standard InChI is InChI=1S/C21H28N4O2/c1-4-16-6-8-17(9-7-16)15(3)24-21(22-5-2)23-14-20(27)25-18-10-12-19(26)13-11-18/h6-13,15,26H,4-5,14H2,1-3H3,(H,25,27)(H2,22,23,24). The highest BCUT2D eigenvalue weighted by Gasteiger charge is 2.09. The normalized spacial score (nSPS) is 12.3. The fourth-order valence-electron chi connectivity index (χ4n) is 2.55. The topological polar surface area (TPSA) is 85.8 Å². The fraction of sp³-hybridized carbons (Fsp3) is 0.333. The van der Waals surface area contributed by atoms with Crippen LogP contribution < -0.4 is 16.0 Å². The molecule has 27 heavy (non-hydrogen) atoms. The molecule has 1 amide bonds. The second-order valence-corrected chi connectivity index (χ2v) is 6.25. The van der Waals surface area contributed by atoms with Gasteiger partial charge in [0, 0.05) is 12.2 Å².